The Kier molecular flexibility index (Phi) is 5.18. The summed E-state index contributed by atoms with van der Waals surface area (Å²) in [4.78, 5) is 12.2. The monoisotopic (exact) mass is 508 g/mol. The highest BCUT2D eigenvalue weighted by Gasteiger charge is 2.14. The van der Waals surface area contributed by atoms with Crippen LogP contribution in [0, 0.1) is 3.57 Å². The largest absolute Gasteiger partial charge is 0.472 e. The van der Waals surface area contributed by atoms with Crippen LogP contribution in [0.15, 0.2) is 59.5 Å². The Morgan fingerprint density at radius 2 is 1.89 bits per heavy atom. The molecule has 0 atom stereocenters. The fourth-order valence-electron chi connectivity index (χ4n) is 2.62. The number of aryl methyl sites for hydroxylation is 1. The van der Waals surface area contributed by atoms with Gasteiger partial charge in [0.1, 0.15) is 6.61 Å². The maximum atomic E-state index is 12.2. The van der Waals surface area contributed by atoms with Crippen molar-refractivity contribution in [1.82, 2.24) is 29.6 Å². The molecule has 2 aromatic heterocycles. The maximum Gasteiger partial charge on any atom is 0.368 e. The van der Waals surface area contributed by atoms with Gasteiger partial charge in [-0.15, -0.1) is 5.10 Å². The zero-order valence-electron chi connectivity index (χ0n) is 14.7. The molecule has 0 aliphatic carbocycles. The summed E-state index contributed by atoms with van der Waals surface area (Å²) in [5.74, 6) is 0.465. The van der Waals surface area contributed by atoms with E-state index >= 15 is 0 Å². The zero-order valence-corrected chi connectivity index (χ0v) is 17.6. The predicted molar refractivity (Wildman–Crippen MR) is 112 cm³/mol. The second-order valence-corrected chi connectivity index (χ2v) is 7.50. The molecular formula is C18H14ClIN6O2. The van der Waals surface area contributed by atoms with Crippen molar-refractivity contribution in [2.75, 3.05) is 0 Å². The summed E-state index contributed by atoms with van der Waals surface area (Å²) in [5, 5.41) is 12.8. The summed E-state index contributed by atoms with van der Waals surface area (Å²) in [7, 11) is 1.55. The highest BCUT2D eigenvalue weighted by molar-refractivity contribution is 14.1. The van der Waals surface area contributed by atoms with Gasteiger partial charge in [-0.3, -0.25) is 0 Å². The molecule has 0 N–H and O–H groups in total. The van der Waals surface area contributed by atoms with Gasteiger partial charge < -0.3 is 4.74 Å². The van der Waals surface area contributed by atoms with E-state index in [-0.39, 0.29) is 12.3 Å². The highest BCUT2D eigenvalue weighted by atomic mass is 127. The number of hydrogen-bond donors (Lipinski definition) is 0. The molecule has 0 bridgehead atoms. The van der Waals surface area contributed by atoms with Gasteiger partial charge in [-0.2, -0.15) is 9.36 Å². The van der Waals surface area contributed by atoms with Crippen molar-refractivity contribution in [2.24, 2.45) is 7.05 Å². The summed E-state index contributed by atoms with van der Waals surface area (Å²) < 4.78 is 11.0. The van der Waals surface area contributed by atoms with Crippen LogP contribution in [0.1, 0.15) is 5.56 Å². The minimum atomic E-state index is -0.324. The van der Waals surface area contributed by atoms with Crippen LogP contribution < -0.4 is 10.4 Å². The Balaban J connectivity index is 1.58. The second-order valence-electron chi connectivity index (χ2n) is 5.90. The van der Waals surface area contributed by atoms with E-state index in [0.717, 1.165) is 14.8 Å². The first-order valence-corrected chi connectivity index (χ1v) is 9.70. The number of hydrogen-bond acceptors (Lipinski definition) is 5. The van der Waals surface area contributed by atoms with Gasteiger partial charge in [0.15, 0.2) is 0 Å². The average Bonchev–Trinajstić information content (AvgIpc) is 3.29. The molecule has 28 heavy (non-hydrogen) atoms. The van der Waals surface area contributed by atoms with E-state index in [2.05, 4.69) is 38.1 Å². The van der Waals surface area contributed by atoms with Crippen molar-refractivity contribution in [2.45, 2.75) is 6.61 Å². The SMILES string of the molecule is Cn1nnn(-c2cccc(I)c2COc2ccn(-c3ccc(Cl)cc3)n2)c1=O. The van der Waals surface area contributed by atoms with Gasteiger partial charge in [0, 0.05) is 33.5 Å². The van der Waals surface area contributed by atoms with Gasteiger partial charge in [-0.1, -0.05) is 17.7 Å². The number of halogens is 2. The van der Waals surface area contributed by atoms with E-state index in [1.807, 2.05) is 36.5 Å². The van der Waals surface area contributed by atoms with Gasteiger partial charge in [0.2, 0.25) is 5.88 Å². The van der Waals surface area contributed by atoms with Crippen molar-refractivity contribution in [1.29, 1.82) is 0 Å². The normalized spacial score (nSPS) is 11.0. The molecule has 2 aromatic carbocycles. The molecule has 0 saturated carbocycles. The lowest BCUT2D eigenvalue weighted by Crippen LogP contribution is -2.23. The molecule has 0 aliphatic rings. The van der Waals surface area contributed by atoms with E-state index in [1.165, 1.54) is 9.36 Å². The predicted octanol–water partition coefficient (Wildman–Crippen LogP) is 2.99. The average molecular weight is 509 g/mol. The Hall–Kier alpha value is -2.66. The summed E-state index contributed by atoms with van der Waals surface area (Å²) in [6.07, 6.45) is 1.81. The smallest absolute Gasteiger partial charge is 0.368 e. The fourth-order valence-corrected chi connectivity index (χ4v) is 3.39. The number of aromatic nitrogens is 6. The van der Waals surface area contributed by atoms with Crippen LogP contribution in [0.3, 0.4) is 0 Å². The van der Waals surface area contributed by atoms with Crippen molar-refractivity contribution in [3.05, 3.63) is 79.4 Å². The summed E-state index contributed by atoms with van der Waals surface area (Å²) in [6.45, 7) is 0.231. The first-order valence-electron chi connectivity index (χ1n) is 8.24. The highest BCUT2D eigenvalue weighted by Crippen LogP contribution is 2.22. The molecule has 0 amide bonds. The molecule has 0 radical (unpaired) electrons. The lowest BCUT2D eigenvalue weighted by atomic mass is 10.2. The van der Waals surface area contributed by atoms with Gasteiger partial charge in [0.05, 0.1) is 11.4 Å². The lowest BCUT2D eigenvalue weighted by molar-refractivity contribution is 0.290. The Morgan fingerprint density at radius 1 is 1.11 bits per heavy atom. The number of ether oxygens (including phenoxy) is 1. The van der Waals surface area contributed by atoms with E-state index in [4.69, 9.17) is 16.3 Å². The van der Waals surface area contributed by atoms with Gasteiger partial charge in [-0.25, -0.2) is 9.48 Å². The first kappa shape index (κ1) is 18.7. The van der Waals surface area contributed by atoms with E-state index in [1.54, 1.807) is 29.9 Å². The third-order valence-electron chi connectivity index (χ3n) is 4.06. The minimum Gasteiger partial charge on any atom is -0.472 e. The minimum absolute atomic E-state index is 0.231. The Labute approximate surface area is 178 Å². The van der Waals surface area contributed by atoms with Crippen molar-refractivity contribution in [3.63, 3.8) is 0 Å². The van der Waals surface area contributed by atoms with E-state index in [9.17, 15) is 4.79 Å². The third kappa shape index (κ3) is 3.67. The van der Waals surface area contributed by atoms with Crippen LogP contribution >= 0.6 is 34.2 Å². The number of rotatable bonds is 5. The van der Waals surface area contributed by atoms with Crippen LogP contribution in [-0.2, 0) is 13.7 Å². The van der Waals surface area contributed by atoms with Crippen molar-refractivity contribution in [3.8, 4) is 17.3 Å². The van der Waals surface area contributed by atoms with Crippen molar-refractivity contribution >= 4 is 34.2 Å². The van der Waals surface area contributed by atoms with Crippen molar-refractivity contribution < 1.29 is 4.74 Å². The molecule has 0 saturated heterocycles. The first-order chi connectivity index (χ1) is 13.5. The molecule has 0 spiro atoms. The summed E-state index contributed by atoms with van der Waals surface area (Å²) in [6, 6.07) is 14.7. The standard InChI is InChI=1S/C18H14ClIN6O2/c1-24-18(27)26(23-22-24)16-4-2-3-15(20)14(16)11-28-17-9-10-25(21-17)13-7-5-12(19)6-8-13/h2-10H,11H2,1H3. The molecule has 2 heterocycles. The molecule has 142 valence electrons. The van der Waals surface area contributed by atoms with Gasteiger partial charge in [0.25, 0.3) is 0 Å². The number of tetrazole rings is 1. The summed E-state index contributed by atoms with van der Waals surface area (Å²) in [5.41, 5.74) is 2.00. The molecule has 0 aliphatic heterocycles. The van der Waals surface area contributed by atoms with Crippen LogP contribution in [0.25, 0.3) is 11.4 Å². The fraction of sp³-hybridized carbons (Fsp3) is 0.111. The Bertz CT molecular complexity index is 1180. The number of benzene rings is 2. The topological polar surface area (TPSA) is 79.8 Å². The van der Waals surface area contributed by atoms with E-state index < -0.39 is 0 Å². The summed E-state index contributed by atoms with van der Waals surface area (Å²) >= 11 is 8.13. The lowest BCUT2D eigenvalue weighted by Gasteiger charge is -2.10. The molecule has 8 nitrogen and oxygen atoms in total. The third-order valence-corrected chi connectivity index (χ3v) is 5.33. The molecule has 10 heteroatoms. The second kappa shape index (κ2) is 7.76. The molecule has 4 rings (SSSR count). The van der Waals surface area contributed by atoms with Crippen LogP contribution in [0.5, 0.6) is 5.88 Å². The molecular weight excluding hydrogens is 495 g/mol. The maximum absolute atomic E-state index is 12.2. The van der Waals surface area contributed by atoms with Crippen LogP contribution in [-0.4, -0.2) is 29.6 Å². The molecule has 0 fully saturated rings. The van der Waals surface area contributed by atoms with Gasteiger partial charge in [-0.05, 0) is 69.4 Å². The van der Waals surface area contributed by atoms with Gasteiger partial charge >= 0.3 is 5.69 Å². The number of nitrogens with zero attached hydrogens (tertiary/aromatic N) is 6. The van der Waals surface area contributed by atoms with E-state index in [0.29, 0.717) is 16.6 Å². The van der Waals surface area contributed by atoms with Crippen LogP contribution in [0.2, 0.25) is 5.02 Å². The molecule has 4 aromatic rings. The zero-order chi connectivity index (χ0) is 19.7. The Morgan fingerprint density at radius 3 is 2.61 bits per heavy atom. The van der Waals surface area contributed by atoms with Crippen LogP contribution in [0.4, 0.5) is 0 Å². The molecule has 0 unspecified atom stereocenters. The quantitative estimate of drug-likeness (QED) is 0.387.